The Labute approximate surface area is 112 Å². The fourth-order valence-corrected chi connectivity index (χ4v) is 1.55. The number of nitrogens with zero attached hydrogens (tertiary/aromatic N) is 1. The monoisotopic (exact) mass is 271 g/mol. The zero-order valence-electron chi connectivity index (χ0n) is 10.7. The van der Waals surface area contributed by atoms with Gasteiger partial charge in [0.15, 0.2) is 0 Å². The van der Waals surface area contributed by atoms with E-state index < -0.39 is 0 Å². The minimum atomic E-state index is -0.305. The molecule has 0 spiro atoms. The van der Waals surface area contributed by atoms with Crippen LogP contribution in [0, 0.1) is 0 Å². The maximum absolute atomic E-state index is 12.0. The largest absolute Gasteiger partial charge is 0.394 e. The quantitative estimate of drug-likeness (QED) is 0.712. The third-order valence-corrected chi connectivity index (χ3v) is 2.42. The van der Waals surface area contributed by atoms with Crippen molar-refractivity contribution in [3.8, 4) is 0 Å². The van der Waals surface area contributed by atoms with Crippen LogP contribution in [-0.4, -0.2) is 34.7 Å². The van der Waals surface area contributed by atoms with Gasteiger partial charge in [-0.2, -0.15) is 0 Å². The molecule has 1 heterocycles. The average Bonchev–Trinajstić information content (AvgIpc) is 2.27. The van der Waals surface area contributed by atoms with Gasteiger partial charge in [0.2, 0.25) is 0 Å². The molecule has 0 saturated heterocycles. The van der Waals surface area contributed by atoms with Crippen molar-refractivity contribution in [1.29, 1.82) is 0 Å². The second-order valence-corrected chi connectivity index (χ2v) is 4.80. The van der Waals surface area contributed by atoms with Gasteiger partial charge in [-0.05, 0) is 26.8 Å². The molecular weight excluding hydrogens is 254 g/mol. The molecule has 1 aromatic heterocycles. The lowest BCUT2D eigenvalue weighted by atomic mass is 10.2. The first kappa shape index (κ1) is 14.7. The standard InChI is InChI=1S/C12H18ClN3O2/c1-7(2)15-10-4-11(13)14-5-9(10)12(18)16-8(3)6-17/h4-5,7-8,17H,6H2,1-3H3,(H,14,15)(H,16,18). The van der Waals surface area contributed by atoms with Crippen LogP contribution in [0.4, 0.5) is 5.69 Å². The first-order valence-corrected chi connectivity index (χ1v) is 6.15. The molecule has 0 fully saturated rings. The number of aromatic nitrogens is 1. The lowest BCUT2D eigenvalue weighted by Crippen LogP contribution is -2.35. The Hall–Kier alpha value is -1.33. The van der Waals surface area contributed by atoms with Crippen molar-refractivity contribution in [3.05, 3.63) is 23.0 Å². The number of hydrogen-bond donors (Lipinski definition) is 3. The first-order chi connectivity index (χ1) is 8.43. The van der Waals surface area contributed by atoms with Gasteiger partial charge >= 0.3 is 0 Å². The van der Waals surface area contributed by atoms with Crippen LogP contribution in [0.2, 0.25) is 5.15 Å². The Balaban J connectivity index is 2.96. The number of nitrogens with one attached hydrogen (secondary N) is 2. The maximum Gasteiger partial charge on any atom is 0.255 e. The number of anilines is 1. The van der Waals surface area contributed by atoms with Gasteiger partial charge in [-0.3, -0.25) is 4.79 Å². The molecule has 0 aliphatic carbocycles. The summed E-state index contributed by atoms with van der Waals surface area (Å²) in [6, 6.07) is 1.48. The maximum atomic E-state index is 12.0. The third-order valence-electron chi connectivity index (χ3n) is 2.21. The highest BCUT2D eigenvalue weighted by molar-refractivity contribution is 6.29. The fourth-order valence-electron chi connectivity index (χ4n) is 1.39. The van der Waals surface area contributed by atoms with Crippen LogP contribution in [-0.2, 0) is 0 Å². The van der Waals surface area contributed by atoms with Crippen molar-refractivity contribution in [1.82, 2.24) is 10.3 Å². The molecule has 1 unspecified atom stereocenters. The highest BCUT2D eigenvalue weighted by Gasteiger charge is 2.15. The Bertz CT molecular complexity index is 424. The molecule has 1 aromatic rings. The van der Waals surface area contributed by atoms with Crippen LogP contribution in [0.5, 0.6) is 0 Å². The number of aliphatic hydroxyl groups is 1. The van der Waals surface area contributed by atoms with Gasteiger partial charge < -0.3 is 15.7 Å². The summed E-state index contributed by atoms with van der Waals surface area (Å²) >= 11 is 5.82. The number of hydrogen-bond acceptors (Lipinski definition) is 4. The minimum absolute atomic E-state index is 0.111. The van der Waals surface area contributed by atoms with Crippen LogP contribution in [0.25, 0.3) is 0 Å². The van der Waals surface area contributed by atoms with Crippen LogP contribution in [0.1, 0.15) is 31.1 Å². The molecule has 5 nitrogen and oxygen atoms in total. The topological polar surface area (TPSA) is 74.2 Å². The Kier molecular flexibility index (Phi) is 5.37. The lowest BCUT2D eigenvalue weighted by Gasteiger charge is -2.16. The summed E-state index contributed by atoms with van der Waals surface area (Å²) in [4.78, 5) is 15.9. The number of carbonyl (C=O) groups is 1. The number of amides is 1. The molecule has 3 N–H and O–H groups in total. The van der Waals surface area contributed by atoms with Crippen LogP contribution in [0.3, 0.4) is 0 Å². The van der Waals surface area contributed by atoms with Crippen molar-refractivity contribution >= 4 is 23.2 Å². The highest BCUT2D eigenvalue weighted by atomic mass is 35.5. The first-order valence-electron chi connectivity index (χ1n) is 5.77. The molecule has 0 radical (unpaired) electrons. The molecule has 0 aliphatic rings. The van der Waals surface area contributed by atoms with E-state index in [1.807, 2.05) is 13.8 Å². The van der Waals surface area contributed by atoms with E-state index in [0.29, 0.717) is 16.4 Å². The Morgan fingerprint density at radius 1 is 1.50 bits per heavy atom. The molecule has 1 amide bonds. The van der Waals surface area contributed by atoms with Crippen LogP contribution < -0.4 is 10.6 Å². The molecule has 18 heavy (non-hydrogen) atoms. The van der Waals surface area contributed by atoms with Crippen molar-refractivity contribution in [3.63, 3.8) is 0 Å². The number of carbonyl (C=O) groups excluding carboxylic acids is 1. The lowest BCUT2D eigenvalue weighted by molar-refractivity contribution is 0.0923. The summed E-state index contributed by atoms with van der Waals surface area (Å²) in [6.45, 7) is 5.54. The van der Waals surface area contributed by atoms with E-state index in [4.69, 9.17) is 16.7 Å². The Morgan fingerprint density at radius 2 is 2.17 bits per heavy atom. The van der Waals surface area contributed by atoms with Gasteiger partial charge in [0.25, 0.3) is 5.91 Å². The predicted octanol–water partition coefficient (Wildman–Crippen LogP) is 1.67. The van der Waals surface area contributed by atoms with E-state index in [1.54, 1.807) is 13.0 Å². The second kappa shape index (κ2) is 6.56. The van der Waals surface area contributed by atoms with Gasteiger partial charge in [0, 0.05) is 18.3 Å². The molecule has 6 heteroatoms. The molecule has 0 saturated carbocycles. The minimum Gasteiger partial charge on any atom is -0.394 e. The van der Waals surface area contributed by atoms with E-state index in [1.165, 1.54) is 6.20 Å². The van der Waals surface area contributed by atoms with E-state index in [-0.39, 0.29) is 24.6 Å². The summed E-state index contributed by atoms with van der Waals surface area (Å²) in [5.41, 5.74) is 1.04. The van der Waals surface area contributed by atoms with E-state index in [0.717, 1.165) is 0 Å². The number of halogens is 1. The van der Waals surface area contributed by atoms with Gasteiger partial charge in [-0.1, -0.05) is 11.6 Å². The second-order valence-electron chi connectivity index (χ2n) is 4.41. The molecule has 100 valence electrons. The molecular formula is C12H18ClN3O2. The average molecular weight is 272 g/mol. The summed E-state index contributed by atoms with van der Waals surface area (Å²) in [5, 5.41) is 15.1. The smallest absolute Gasteiger partial charge is 0.255 e. The number of aliphatic hydroxyl groups excluding tert-OH is 1. The van der Waals surface area contributed by atoms with Crippen molar-refractivity contribution in [2.75, 3.05) is 11.9 Å². The normalized spacial score (nSPS) is 12.3. The summed E-state index contributed by atoms with van der Waals surface area (Å²) in [7, 11) is 0. The summed E-state index contributed by atoms with van der Waals surface area (Å²) in [5.74, 6) is -0.288. The SMILES string of the molecule is CC(C)Nc1cc(Cl)ncc1C(=O)NC(C)CO. The van der Waals surface area contributed by atoms with Gasteiger partial charge in [0.05, 0.1) is 17.9 Å². The van der Waals surface area contributed by atoms with Gasteiger partial charge in [-0.15, -0.1) is 0 Å². The number of rotatable bonds is 5. The van der Waals surface area contributed by atoms with Crippen molar-refractivity contribution in [2.24, 2.45) is 0 Å². The van der Waals surface area contributed by atoms with Crippen molar-refractivity contribution in [2.45, 2.75) is 32.9 Å². The van der Waals surface area contributed by atoms with Crippen molar-refractivity contribution < 1.29 is 9.90 Å². The summed E-state index contributed by atoms with van der Waals surface area (Å²) < 4.78 is 0. The molecule has 0 aliphatic heterocycles. The zero-order valence-corrected chi connectivity index (χ0v) is 11.5. The van der Waals surface area contributed by atoms with Crippen LogP contribution in [0.15, 0.2) is 12.3 Å². The molecule has 1 rings (SSSR count). The third kappa shape index (κ3) is 4.16. The van der Waals surface area contributed by atoms with E-state index >= 15 is 0 Å². The van der Waals surface area contributed by atoms with Gasteiger partial charge in [0.1, 0.15) is 5.15 Å². The van der Waals surface area contributed by atoms with E-state index in [9.17, 15) is 4.79 Å². The molecule has 0 aromatic carbocycles. The highest BCUT2D eigenvalue weighted by Crippen LogP contribution is 2.19. The van der Waals surface area contributed by atoms with E-state index in [2.05, 4.69) is 15.6 Å². The zero-order chi connectivity index (χ0) is 13.7. The number of pyridine rings is 1. The van der Waals surface area contributed by atoms with Crippen LogP contribution >= 0.6 is 11.6 Å². The molecule has 1 atom stereocenters. The molecule has 0 bridgehead atoms. The summed E-state index contributed by atoms with van der Waals surface area (Å²) in [6.07, 6.45) is 1.42. The van der Waals surface area contributed by atoms with Gasteiger partial charge in [-0.25, -0.2) is 4.98 Å². The fraction of sp³-hybridized carbons (Fsp3) is 0.500. The Morgan fingerprint density at radius 3 is 2.72 bits per heavy atom. The predicted molar refractivity (Wildman–Crippen MR) is 72.0 cm³/mol.